The number of rotatable bonds is 6. The molecule has 0 radical (unpaired) electrons. The minimum absolute atomic E-state index is 0.144. The van der Waals surface area contributed by atoms with Gasteiger partial charge in [0.2, 0.25) is 0 Å². The van der Waals surface area contributed by atoms with Gasteiger partial charge in [0.25, 0.3) is 0 Å². The highest BCUT2D eigenvalue weighted by molar-refractivity contribution is 5.52. The largest absolute Gasteiger partial charge is 0.496 e. The quantitative estimate of drug-likeness (QED) is 0.717. The van der Waals surface area contributed by atoms with E-state index in [1.165, 1.54) is 14.2 Å². The molecule has 1 atom stereocenters. The molecule has 0 spiro atoms. The second-order valence-electron chi connectivity index (χ2n) is 3.89. The summed E-state index contributed by atoms with van der Waals surface area (Å²) in [5, 5.41) is 0. The number of hydrogen-bond acceptors (Lipinski definition) is 3. The first-order valence-corrected chi connectivity index (χ1v) is 5.43. The maximum atomic E-state index is 14.2. The van der Waals surface area contributed by atoms with Crippen LogP contribution >= 0.6 is 0 Å². The third-order valence-electron chi connectivity index (χ3n) is 2.72. The first kappa shape index (κ1) is 13.6. The summed E-state index contributed by atoms with van der Waals surface area (Å²) in [5.41, 5.74) is 0.912. The number of methoxy groups -OCH3 is 2. The van der Waals surface area contributed by atoms with Gasteiger partial charge in [-0.05, 0) is 17.5 Å². The monoisotopic (exact) mass is 240 g/mol. The smallest absolute Gasteiger partial charge is 0.135 e. The molecule has 3 nitrogen and oxygen atoms in total. The van der Waals surface area contributed by atoms with Crippen LogP contribution in [0.2, 0.25) is 0 Å². The maximum absolute atomic E-state index is 14.2. The molecule has 0 bridgehead atoms. The normalized spacial score (nSPS) is 12.2. The topological polar surface area (TPSA) is 35.5 Å². The summed E-state index contributed by atoms with van der Waals surface area (Å²) in [6, 6.07) is 3.36. The summed E-state index contributed by atoms with van der Waals surface area (Å²) in [6.45, 7) is 1.96. The van der Waals surface area contributed by atoms with E-state index in [1.54, 1.807) is 12.1 Å². The van der Waals surface area contributed by atoms with Gasteiger partial charge in [-0.2, -0.15) is 0 Å². The van der Waals surface area contributed by atoms with Crippen molar-refractivity contribution in [3.8, 4) is 5.75 Å². The fraction of sp³-hybridized carbons (Fsp3) is 0.462. The number of carbonyl (C=O) groups is 1. The third-order valence-corrected chi connectivity index (χ3v) is 2.72. The number of carbonyl (C=O) groups excluding carboxylic acids is 1. The minimum atomic E-state index is -0.347. The minimum Gasteiger partial charge on any atom is -0.496 e. The van der Waals surface area contributed by atoms with Crippen LogP contribution in [0.5, 0.6) is 5.75 Å². The van der Waals surface area contributed by atoms with E-state index in [0.29, 0.717) is 23.3 Å². The van der Waals surface area contributed by atoms with Crippen LogP contribution in [0.15, 0.2) is 12.1 Å². The van der Waals surface area contributed by atoms with Gasteiger partial charge in [-0.3, -0.25) is 0 Å². The van der Waals surface area contributed by atoms with Crippen molar-refractivity contribution >= 4 is 6.29 Å². The number of ether oxygens (including phenoxy) is 2. The second kappa shape index (κ2) is 6.35. The highest BCUT2D eigenvalue weighted by Crippen LogP contribution is 2.30. The van der Waals surface area contributed by atoms with E-state index in [9.17, 15) is 9.18 Å². The zero-order valence-electron chi connectivity index (χ0n) is 10.3. The summed E-state index contributed by atoms with van der Waals surface area (Å²) >= 11 is 0. The Morgan fingerprint density at radius 3 is 2.65 bits per heavy atom. The first-order chi connectivity index (χ1) is 8.15. The molecule has 0 saturated carbocycles. The average molecular weight is 240 g/mol. The van der Waals surface area contributed by atoms with Gasteiger partial charge < -0.3 is 14.3 Å². The predicted molar refractivity (Wildman–Crippen MR) is 62.8 cm³/mol. The fourth-order valence-corrected chi connectivity index (χ4v) is 1.74. The van der Waals surface area contributed by atoms with Gasteiger partial charge in [-0.25, -0.2) is 4.39 Å². The van der Waals surface area contributed by atoms with Crippen LogP contribution in [0, 0.1) is 5.82 Å². The van der Waals surface area contributed by atoms with Crippen LogP contribution in [-0.4, -0.2) is 20.5 Å². The standard InChI is InChI=1S/C13H17FO3/c1-9(6-7-15)10-4-5-12(17-3)11(8-16-2)13(10)14/h4-5,7,9H,6,8H2,1-3H3. The van der Waals surface area contributed by atoms with E-state index in [1.807, 2.05) is 6.92 Å². The highest BCUT2D eigenvalue weighted by atomic mass is 19.1. The van der Waals surface area contributed by atoms with Crippen LogP contribution in [0.4, 0.5) is 4.39 Å². The summed E-state index contributed by atoms with van der Waals surface area (Å²) in [6.07, 6.45) is 1.10. The molecule has 0 aliphatic rings. The Bertz CT molecular complexity index is 390. The average Bonchev–Trinajstić information content (AvgIpc) is 2.32. The van der Waals surface area contributed by atoms with Crippen LogP contribution in [0.3, 0.4) is 0 Å². The van der Waals surface area contributed by atoms with Crippen molar-refractivity contribution in [2.24, 2.45) is 0 Å². The van der Waals surface area contributed by atoms with E-state index in [0.717, 1.165) is 6.29 Å². The third kappa shape index (κ3) is 3.03. The summed E-state index contributed by atoms with van der Waals surface area (Å²) < 4.78 is 24.2. The Morgan fingerprint density at radius 1 is 1.41 bits per heavy atom. The summed E-state index contributed by atoms with van der Waals surface area (Å²) in [4.78, 5) is 10.5. The van der Waals surface area contributed by atoms with Gasteiger partial charge in [-0.15, -0.1) is 0 Å². The molecule has 0 heterocycles. The molecule has 0 aromatic heterocycles. The van der Waals surface area contributed by atoms with E-state index in [2.05, 4.69) is 0 Å². The molecular formula is C13H17FO3. The Kier molecular flexibility index (Phi) is 5.10. The van der Waals surface area contributed by atoms with Crippen molar-refractivity contribution in [1.29, 1.82) is 0 Å². The van der Waals surface area contributed by atoms with Gasteiger partial charge in [-0.1, -0.05) is 13.0 Å². The number of halogens is 1. The zero-order valence-corrected chi connectivity index (χ0v) is 10.3. The van der Waals surface area contributed by atoms with Crippen LogP contribution in [0.1, 0.15) is 30.4 Å². The molecule has 1 unspecified atom stereocenters. The summed E-state index contributed by atoms with van der Waals surface area (Å²) in [7, 11) is 2.99. The van der Waals surface area contributed by atoms with E-state index < -0.39 is 0 Å². The van der Waals surface area contributed by atoms with E-state index in [-0.39, 0.29) is 18.3 Å². The SMILES string of the molecule is COCc1c(OC)ccc(C(C)CC=O)c1F. The van der Waals surface area contributed by atoms with Gasteiger partial charge in [0.05, 0.1) is 19.3 Å². The van der Waals surface area contributed by atoms with Crippen LogP contribution in [0.25, 0.3) is 0 Å². The van der Waals surface area contributed by atoms with Crippen molar-refractivity contribution in [3.63, 3.8) is 0 Å². The van der Waals surface area contributed by atoms with Gasteiger partial charge in [0.1, 0.15) is 17.9 Å². The van der Waals surface area contributed by atoms with Crippen LogP contribution in [-0.2, 0) is 16.1 Å². The molecule has 0 N–H and O–H groups in total. The molecule has 94 valence electrons. The molecule has 4 heteroatoms. The molecule has 0 aliphatic heterocycles. The van der Waals surface area contributed by atoms with Crippen molar-refractivity contribution in [2.45, 2.75) is 25.9 Å². The molecule has 0 amide bonds. The zero-order chi connectivity index (χ0) is 12.8. The second-order valence-corrected chi connectivity index (χ2v) is 3.89. The maximum Gasteiger partial charge on any atom is 0.135 e. The Balaban J connectivity index is 3.16. The molecule has 1 rings (SSSR count). The molecule has 1 aromatic rings. The highest BCUT2D eigenvalue weighted by Gasteiger charge is 2.17. The predicted octanol–water partition coefficient (Wildman–Crippen LogP) is 2.67. The van der Waals surface area contributed by atoms with Crippen molar-refractivity contribution < 1.29 is 18.7 Å². The molecular weight excluding hydrogens is 223 g/mol. The van der Waals surface area contributed by atoms with Gasteiger partial charge in [0.15, 0.2) is 0 Å². The van der Waals surface area contributed by atoms with Crippen molar-refractivity contribution in [2.75, 3.05) is 14.2 Å². The van der Waals surface area contributed by atoms with Crippen molar-refractivity contribution in [1.82, 2.24) is 0 Å². The molecule has 0 fully saturated rings. The Hall–Kier alpha value is -1.42. The van der Waals surface area contributed by atoms with E-state index >= 15 is 0 Å². The summed E-state index contributed by atoms with van der Waals surface area (Å²) in [5.74, 6) is -0.0269. The number of benzene rings is 1. The Labute approximate surface area is 101 Å². The molecule has 0 saturated heterocycles. The van der Waals surface area contributed by atoms with Crippen molar-refractivity contribution in [3.05, 3.63) is 29.1 Å². The van der Waals surface area contributed by atoms with E-state index in [4.69, 9.17) is 9.47 Å². The first-order valence-electron chi connectivity index (χ1n) is 5.43. The fourth-order valence-electron chi connectivity index (χ4n) is 1.74. The van der Waals surface area contributed by atoms with Crippen LogP contribution < -0.4 is 4.74 Å². The molecule has 0 aliphatic carbocycles. The molecule has 1 aromatic carbocycles. The number of aldehydes is 1. The lowest BCUT2D eigenvalue weighted by atomic mass is 9.95. The number of hydrogen-bond donors (Lipinski definition) is 0. The Morgan fingerprint density at radius 2 is 2.12 bits per heavy atom. The lowest BCUT2D eigenvalue weighted by Crippen LogP contribution is -2.05. The van der Waals surface area contributed by atoms with Gasteiger partial charge in [0, 0.05) is 13.5 Å². The lowest BCUT2D eigenvalue weighted by Gasteiger charge is -2.15. The van der Waals surface area contributed by atoms with Gasteiger partial charge >= 0.3 is 0 Å². The lowest BCUT2D eigenvalue weighted by molar-refractivity contribution is -0.108. The molecule has 17 heavy (non-hydrogen) atoms.